The SMILES string of the molecule is C=CC[C@H]1CC(C)=CC1(C)C. The van der Waals surface area contributed by atoms with Crippen LogP contribution in [-0.4, -0.2) is 0 Å². The summed E-state index contributed by atoms with van der Waals surface area (Å²) in [5.74, 6) is 0.792. The van der Waals surface area contributed by atoms with Crippen LogP contribution in [0.25, 0.3) is 0 Å². The van der Waals surface area contributed by atoms with Gasteiger partial charge in [0.15, 0.2) is 0 Å². The van der Waals surface area contributed by atoms with Crippen LogP contribution in [0.4, 0.5) is 0 Å². The summed E-state index contributed by atoms with van der Waals surface area (Å²) in [5.41, 5.74) is 1.94. The third-order valence-corrected chi connectivity index (χ3v) is 2.69. The summed E-state index contributed by atoms with van der Waals surface area (Å²) < 4.78 is 0. The normalized spacial score (nSPS) is 28.3. The smallest absolute Gasteiger partial charge is 0.0138 e. The molecule has 62 valence electrons. The molecule has 0 aromatic carbocycles. The van der Waals surface area contributed by atoms with Gasteiger partial charge in [0.1, 0.15) is 0 Å². The van der Waals surface area contributed by atoms with Gasteiger partial charge in [-0.1, -0.05) is 31.6 Å². The molecular formula is C11H18. The number of hydrogen-bond donors (Lipinski definition) is 0. The molecule has 1 aliphatic carbocycles. The lowest BCUT2D eigenvalue weighted by Crippen LogP contribution is -2.16. The molecular weight excluding hydrogens is 132 g/mol. The Kier molecular flexibility index (Phi) is 2.22. The molecule has 0 nitrogen and oxygen atoms in total. The van der Waals surface area contributed by atoms with E-state index in [0.29, 0.717) is 5.41 Å². The predicted octanol–water partition coefficient (Wildman–Crippen LogP) is 3.55. The summed E-state index contributed by atoms with van der Waals surface area (Å²) >= 11 is 0. The highest BCUT2D eigenvalue weighted by Gasteiger charge is 2.31. The van der Waals surface area contributed by atoms with E-state index in [1.54, 1.807) is 5.57 Å². The van der Waals surface area contributed by atoms with E-state index in [-0.39, 0.29) is 0 Å². The Morgan fingerprint density at radius 2 is 2.36 bits per heavy atom. The highest BCUT2D eigenvalue weighted by molar-refractivity contribution is 5.16. The second-order valence-corrected chi connectivity index (χ2v) is 4.24. The van der Waals surface area contributed by atoms with Gasteiger partial charge < -0.3 is 0 Å². The maximum atomic E-state index is 3.79. The van der Waals surface area contributed by atoms with Gasteiger partial charge in [-0.3, -0.25) is 0 Å². The molecule has 0 amide bonds. The topological polar surface area (TPSA) is 0 Å². The van der Waals surface area contributed by atoms with E-state index in [2.05, 4.69) is 33.4 Å². The molecule has 0 heteroatoms. The van der Waals surface area contributed by atoms with E-state index in [1.807, 2.05) is 6.08 Å². The van der Waals surface area contributed by atoms with Gasteiger partial charge in [0.2, 0.25) is 0 Å². The quantitative estimate of drug-likeness (QED) is 0.528. The van der Waals surface area contributed by atoms with E-state index in [9.17, 15) is 0 Å². The molecule has 0 bridgehead atoms. The molecule has 0 aliphatic heterocycles. The fourth-order valence-electron chi connectivity index (χ4n) is 2.05. The Balaban J connectivity index is 2.67. The summed E-state index contributed by atoms with van der Waals surface area (Å²) in [6.45, 7) is 10.7. The summed E-state index contributed by atoms with van der Waals surface area (Å²) in [4.78, 5) is 0. The largest absolute Gasteiger partial charge is 0.103 e. The molecule has 0 saturated heterocycles. The van der Waals surface area contributed by atoms with E-state index >= 15 is 0 Å². The summed E-state index contributed by atoms with van der Waals surface area (Å²) in [6, 6.07) is 0. The molecule has 0 fully saturated rings. The van der Waals surface area contributed by atoms with Gasteiger partial charge in [-0.05, 0) is 31.1 Å². The summed E-state index contributed by atoms with van der Waals surface area (Å²) in [5, 5.41) is 0. The molecule has 0 aromatic heterocycles. The van der Waals surface area contributed by atoms with Crippen LogP contribution >= 0.6 is 0 Å². The van der Waals surface area contributed by atoms with E-state index in [0.717, 1.165) is 12.3 Å². The van der Waals surface area contributed by atoms with Crippen molar-refractivity contribution < 1.29 is 0 Å². The number of rotatable bonds is 2. The van der Waals surface area contributed by atoms with Crippen molar-refractivity contribution in [1.29, 1.82) is 0 Å². The predicted molar refractivity (Wildman–Crippen MR) is 50.5 cm³/mol. The molecule has 11 heavy (non-hydrogen) atoms. The standard InChI is InChI=1S/C11H18/c1-5-6-10-7-9(2)8-11(10,3)4/h5,8,10H,1,6-7H2,2-4H3/t10-/m0/s1. The molecule has 1 atom stereocenters. The monoisotopic (exact) mass is 150 g/mol. The zero-order valence-electron chi connectivity index (χ0n) is 7.85. The van der Waals surface area contributed by atoms with Gasteiger partial charge >= 0.3 is 0 Å². The molecule has 1 rings (SSSR count). The number of hydrogen-bond acceptors (Lipinski definition) is 0. The molecule has 0 radical (unpaired) electrons. The van der Waals surface area contributed by atoms with Crippen molar-refractivity contribution in [2.75, 3.05) is 0 Å². The molecule has 0 heterocycles. The number of allylic oxidation sites excluding steroid dienone is 3. The Hall–Kier alpha value is -0.520. The maximum absolute atomic E-state index is 3.79. The first-order chi connectivity index (χ1) is 5.06. The Labute approximate surface area is 70.0 Å². The van der Waals surface area contributed by atoms with E-state index in [4.69, 9.17) is 0 Å². The highest BCUT2D eigenvalue weighted by atomic mass is 14.4. The zero-order chi connectivity index (χ0) is 8.48. The van der Waals surface area contributed by atoms with Crippen LogP contribution in [-0.2, 0) is 0 Å². The highest BCUT2D eigenvalue weighted by Crippen LogP contribution is 2.42. The average Bonchev–Trinajstić information content (AvgIpc) is 2.07. The minimum atomic E-state index is 0.401. The zero-order valence-corrected chi connectivity index (χ0v) is 7.85. The summed E-state index contributed by atoms with van der Waals surface area (Å²) in [6.07, 6.45) is 6.86. The first-order valence-electron chi connectivity index (χ1n) is 4.35. The Morgan fingerprint density at radius 1 is 1.73 bits per heavy atom. The lowest BCUT2D eigenvalue weighted by Gasteiger charge is -2.24. The lowest BCUT2D eigenvalue weighted by atomic mass is 9.80. The van der Waals surface area contributed by atoms with Crippen LogP contribution in [0.5, 0.6) is 0 Å². The lowest BCUT2D eigenvalue weighted by molar-refractivity contribution is 0.310. The molecule has 1 aliphatic rings. The van der Waals surface area contributed by atoms with Crippen molar-refractivity contribution in [3.63, 3.8) is 0 Å². The maximum Gasteiger partial charge on any atom is -0.0138 e. The fraction of sp³-hybridized carbons (Fsp3) is 0.636. The first-order valence-corrected chi connectivity index (χ1v) is 4.35. The van der Waals surface area contributed by atoms with E-state index < -0.39 is 0 Å². The minimum Gasteiger partial charge on any atom is -0.103 e. The van der Waals surface area contributed by atoms with Gasteiger partial charge in [0, 0.05) is 0 Å². The third kappa shape index (κ3) is 1.74. The minimum absolute atomic E-state index is 0.401. The van der Waals surface area contributed by atoms with Crippen LogP contribution in [0.2, 0.25) is 0 Å². The average molecular weight is 150 g/mol. The van der Waals surface area contributed by atoms with E-state index in [1.165, 1.54) is 6.42 Å². The molecule has 0 aromatic rings. The van der Waals surface area contributed by atoms with Crippen molar-refractivity contribution in [2.24, 2.45) is 11.3 Å². The second kappa shape index (κ2) is 2.84. The second-order valence-electron chi connectivity index (χ2n) is 4.24. The van der Waals surface area contributed by atoms with Crippen molar-refractivity contribution >= 4 is 0 Å². The molecule has 0 unspecified atom stereocenters. The van der Waals surface area contributed by atoms with Gasteiger partial charge in [0.25, 0.3) is 0 Å². The first kappa shape index (κ1) is 8.58. The van der Waals surface area contributed by atoms with Crippen LogP contribution in [0, 0.1) is 11.3 Å². The molecule has 0 spiro atoms. The van der Waals surface area contributed by atoms with Gasteiger partial charge in [-0.25, -0.2) is 0 Å². The molecule has 0 saturated carbocycles. The third-order valence-electron chi connectivity index (χ3n) is 2.69. The van der Waals surface area contributed by atoms with Crippen LogP contribution in [0.1, 0.15) is 33.6 Å². The van der Waals surface area contributed by atoms with Gasteiger partial charge in [-0.2, -0.15) is 0 Å². The van der Waals surface area contributed by atoms with Crippen molar-refractivity contribution in [3.8, 4) is 0 Å². The molecule has 0 N–H and O–H groups in total. The van der Waals surface area contributed by atoms with Crippen molar-refractivity contribution in [3.05, 3.63) is 24.3 Å². The van der Waals surface area contributed by atoms with Crippen LogP contribution < -0.4 is 0 Å². The van der Waals surface area contributed by atoms with Crippen LogP contribution in [0.3, 0.4) is 0 Å². The van der Waals surface area contributed by atoms with Gasteiger partial charge in [0.05, 0.1) is 0 Å². The summed E-state index contributed by atoms with van der Waals surface area (Å²) in [7, 11) is 0. The van der Waals surface area contributed by atoms with Crippen molar-refractivity contribution in [1.82, 2.24) is 0 Å². The Morgan fingerprint density at radius 3 is 2.73 bits per heavy atom. The van der Waals surface area contributed by atoms with Gasteiger partial charge in [-0.15, -0.1) is 6.58 Å². The fourth-order valence-corrected chi connectivity index (χ4v) is 2.05. The van der Waals surface area contributed by atoms with Crippen LogP contribution in [0.15, 0.2) is 24.3 Å². The van der Waals surface area contributed by atoms with Crippen molar-refractivity contribution in [2.45, 2.75) is 33.6 Å². The Bertz CT molecular complexity index is 184.